The van der Waals surface area contributed by atoms with Gasteiger partial charge in [-0.15, -0.1) is 0 Å². The summed E-state index contributed by atoms with van der Waals surface area (Å²) >= 11 is 6.10. The second-order valence-electron chi connectivity index (χ2n) is 5.45. The third-order valence-corrected chi connectivity index (χ3v) is 4.08. The molecule has 0 atom stereocenters. The van der Waals surface area contributed by atoms with Crippen LogP contribution in [0.4, 0.5) is 5.69 Å². The summed E-state index contributed by atoms with van der Waals surface area (Å²) < 4.78 is 5.86. The van der Waals surface area contributed by atoms with Crippen LogP contribution in [0.1, 0.15) is 15.9 Å². The number of aromatic nitrogens is 1. The first-order chi connectivity index (χ1) is 11.7. The molecule has 0 saturated carbocycles. The molecule has 24 heavy (non-hydrogen) atoms. The lowest BCUT2D eigenvalue weighted by atomic mass is 10.1. The largest absolute Gasteiger partial charge is 0.436 e. The van der Waals surface area contributed by atoms with Crippen LogP contribution in [0, 0.1) is 0 Å². The maximum Gasteiger partial charge on any atom is 0.264 e. The zero-order valence-corrected chi connectivity index (χ0v) is 13.4. The topological polar surface area (TPSA) is 42.4 Å². The average molecular weight is 337 g/mol. The minimum absolute atomic E-state index is 0.150. The fourth-order valence-corrected chi connectivity index (χ4v) is 2.87. The number of anilines is 1. The highest BCUT2D eigenvalue weighted by molar-refractivity contribution is 6.31. The first-order valence-electron chi connectivity index (χ1n) is 7.50. The highest BCUT2D eigenvalue weighted by Crippen LogP contribution is 2.39. The number of fused-ring (bicyclic) bond motifs is 2. The number of hydrogen-bond acceptors (Lipinski definition) is 3. The van der Waals surface area contributed by atoms with Gasteiger partial charge in [-0.3, -0.25) is 4.79 Å². The van der Waals surface area contributed by atoms with Crippen molar-refractivity contribution in [2.45, 2.75) is 6.54 Å². The zero-order chi connectivity index (χ0) is 16.5. The molecule has 4 nitrogen and oxygen atoms in total. The van der Waals surface area contributed by atoms with Gasteiger partial charge in [-0.2, -0.15) is 0 Å². The number of halogens is 1. The molecule has 0 unspecified atom stereocenters. The molecular weight excluding hydrogens is 324 g/mol. The van der Waals surface area contributed by atoms with Gasteiger partial charge in [-0.05, 0) is 29.8 Å². The lowest BCUT2D eigenvalue weighted by Gasteiger charge is -2.22. The van der Waals surface area contributed by atoms with Gasteiger partial charge in [-0.25, -0.2) is 4.98 Å². The van der Waals surface area contributed by atoms with Crippen molar-refractivity contribution in [1.82, 2.24) is 4.98 Å². The van der Waals surface area contributed by atoms with Crippen LogP contribution in [0.5, 0.6) is 11.6 Å². The number of carbonyl (C=O) groups excluding carboxylic acids is 1. The van der Waals surface area contributed by atoms with E-state index in [-0.39, 0.29) is 5.91 Å². The Bertz CT molecular complexity index is 912. The predicted octanol–water partition coefficient (Wildman–Crippen LogP) is 4.69. The van der Waals surface area contributed by atoms with Gasteiger partial charge in [0, 0.05) is 17.3 Å². The summed E-state index contributed by atoms with van der Waals surface area (Å²) in [6, 6.07) is 18.5. The molecule has 1 aromatic heterocycles. The van der Waals surface area contributed by atoms with E-state index < -0.39 is 0 Å². The number of nitrogens with zero attached hydrogens (tertiary/aromatic N) is 2. The van der Waals surface area contributed by atoms with Crippen molar-refractivity contribution in [3.8, 4) is 11.6 Å². The van der Waals surface area contributed by atoms with Crippen LogP contribution in [0.15, 0.2) is 66.9 Å². The van der Waals surface area contributed by atoms with Gasteiger partial charge >= 0.3 is 0 Å². The first-order valence-corrected chi connectivity index (χ1v) is 7.88. The Kier molecular flexibility index (Phi) is 3.67. The molecule has 0 N–H and O–H groups in total. The smallest absolute Gasteiger partial charge is 0.264 e. The molecule has 0 aliphatic carbocycles. The standard InChI is InChI=1S/C19H13ClN2O2/c20-14-8-9-16-17(11-14)24-18-15(7-4-10-21-18)19(23)22(16)12-13-5-2-1-3-6-13/h1-11H,12H2. The van der Waals surface area contributed by atoms with E-state index in [4.69, 9.17) is 16.3 Å². The van der Waals surface area contributed by atoms with Crippen molar-refractivity contribution in [3.05, 3.63) is 83.0 Å². The van der Waals surface area contributed by atoms with E-state index >= 15 is 0 Å². The molecule has 1 aliphatic heterocycles. The lowest BCUT2D eigenvalue weighted by Crippen LogP contribution is -2.29. The van der Waals surface area contributed by atoms with Gasteiger partial charge in [-0.1, -0.05) is 41.9 Å². The zero-order valence-electron chi connectivity index (χ0n) is 12.6. The number of pyridine rings is 1. The van der Waals surface area contributed by atoms with Gasteiger partial charge in [0.2, 0.25) is 5.88 Å². The van der Waals surface area contributed by atoms with Gasteiger partial charge in [0.25, 0.3) is 5.91 Å². The summed E-state index contributed by atoms with van der Waals surface area (Å²) in [5, 5.41) is 0.542. The van der Waals surface area contributed by atoms with Gasteiger partial charge in [0.15, 0.2) is 5.75 Å². The number of benzene rings is 2. The van der Waals surface area contributed by atoms with E-state index in [0.717, 1.165) is 5.56 Å². The van der Waals surface area contributed by atoms with Gasteiger partial charge < -0.3 is 9.64 Å². The van der Waals surface area contributed by atoms with Crippen LogP contribution in [0.2, 0.25) is 5.02 Å². The Morgan fingerprint density at radius 1 is 1.04 bits per heavy atom. The summed E-state index contributed by atoms with van der Waals surface area (Å²) in [7, 11) is 0. The van der Waals surface area contributed by atoms with Crippen molar-refractivity contribution >= 4 is 23.2 Å². The lowest BCUT2D eigenvalue weighted by molar-refractivity contribution is 0.0985. The van der Waals surface area contributed by atoms with E-state index in [0.29, 0.717) is 34.4 Å². The third-order valence-electron chi connectivity index (χ3n) is 3.85. The number of amides is 1. The van der Waals surface area contributed by atoms with E-state index in [1.54, 1.807) is 41.4 Å². The third kappa shape index (κ3) is 2.61. The quantitative estimate of drug-likeness (QED) is 0.682. The van der Waals surface area contributed by atoms with Crippen molar-refractivity contribution in [2.24, 2.45) is 0 Å². The number of hydrogen-bond donors (Lipinski definition) is 0. The number of ether oxygens (including phenoxy) is 1. The highest BCUT2D eigenvalue weighted by Gasteiger charge is 2.29. The van der Waals surface area contributed by atoms with E-state index in [2.05, 4.69) is 4.98 Å². The van der Waals surface area contributed by atoms with Crippen LogP contribution in [-0.2, 0) is 6.54 Å². The summed E-state index contributed by atoms with van der Waals surface area (Å²) in [5.74, 6) is 0.661. The maximum atomic E-state index is 13.1. The summed E-state index contributed by atoms with van der Waals surface area (Å²) in [5.41, 5.74) is 2.13. The second-order valence-corrected chi connectivity index (χ2v) is 5.88. The van der Waals surface area contributed by atoms with Crippen LogP contribution in [0.25, 0.3) is 0 Å². The van der Waals surface area contributed by atoms with Crippen molar-refractivity contribution in [2.75, 3.05) is 4.90 Å². The molecule has 0 spiro atoms. The Morgan fingerprint density at radius 2 is 1.88 bits per heavy atom. The van der Waals surface area contributed by atoms with Crippen LogP contribution in [0.3, 0.4) is 0 Å². The monoisotopic (exact) mass is 336 g/mol. The first kappa shape index (κ1) is 14.7. The Balaban J connectivity index is 1.86. The van der Waals surface area contributed by atoms with E-state index in [9.17, 15) is 4.79 Å². The van der Waals surface area contributed by atoms with Crippen LogP contribution in [-0.4, -0.2) is 10.9 Å². The number of rotatable bonds is 2. The molecule has 0 fully saturated rings. The maximum absolute atomic E-state index is 13.1. The van der Waals surface area contributed by atoms with Crippen LogP contribution >= 0.6 is 11.6 Å². The molecule has 5 heteroatoms. The molecule has 1 aliphatic rings. The minimum atomic E-state index is -0.150. The summed E-state index contributed by atoms with van der Waals surface area (Å²) in [6.07, 6.45) is 1.60. The Hall–Kier alpha value is -2.85. The van der Waals surface area contributed by atoms with Crippen molar-refractivity contribution in [1.29, 1.82) is 0 Å². The molecule has 0 saturated heterocycles. The number of carbonyl (C=O) groups is 1. The molecular formula is C19H13ClN2O2. The fraction of sp³-hybridized carbons (Fsp3) is 0.0526. The molecule has 3 aromatic rings. The van der Waals surface area contributed by atoms with Gasteiger partial charge in [0.05, 0.1) is 12.2 Å². The second kappa shape index (κ2) is 5.98. The normalized spacial score (nSPS) is 12.9. The van der Waals surface area contributed by atoms with E-state index in [1.807, 2.05) is 30.3 Å². The summed E-state index contributed by atoms with van der Waals surface area (Å²) in [4.78, 5) is 18.9. The molecule has 0 bridgehead atoms. The molecule has 1 amide bonds. The molecule has 2 aromatic carbocycles. The molecule has 0 radical (unpaired) electrons. The van der Waals surface area contributed by atoms with Crippen LogP contribution < -0.4 is 9.64 Å². The van der Waals surface area contributed by atoms with Gasteiger partial charge in [0.1, 0.15) is 5.56 Å². The fourth-order valence-electron chi connectivity index (χ4n) is 2.71. The molecule has 2 heterocycles. The predicted molar refractivity (Wildman–Crippen MR) is 92.7 cm³/mol. The molecule has 4 rings (SSSR count). The Labute approximate surface area is 144 Å². The Morgan fingerprint density at radius 3 is 2.71 bits per heavy atom. The summed E-state index contributed by atoms with van der Waals surface area (Å²) in [6.45, 7) is 0.437. The SMILES string of the molecule is O=C1c2cccnc2Oc2cc(Cl)ccc2N1Cc1ccccc1. The average Bonchev–Trinajstić information content (AvgIpc) is 2.71. The highest BCUT2D eigenvalue weighted by atomic mass is 35.5. The van der Waals surface area contributed by atoms with Crippen molar-refractivity contribution < 1.29 is 9.53 Å². The van der Waals surface area contributed by atoms with E-state index in [1.165, 1.54) is 0 Å². The van der Waals surface area contributed by atoms with Crippen molar-refractivity contribution in [3.63, 3.8) is 0 Å². The molecule has 118 valence electrons. The minimum Gasteiger partial charge on any atom is -0.436 e.